The van der Waals surface area contributed by atoms with Crippen LogP contribution < -0.4 is 20.7 Å². The Morgan fingerprint density at radius 1 is 1.28 bits per heavy atom. The van der Waals surface area contributed by atoms with Crippen LogP contribution in [-0.2, 0) is 0 Å². The van der Waals surface area contributed by atoms with Crippen molar-refractivity contribution >= 4 is 29.3 Å². The van der Waals surface area contributed by atoms with Gasteiger partial charge in [0, 0.05) is 25.5 Å². The van der Waals surface area contributed by atoms with Crippen LogP contribution in [-0.4, -0.2) is 65.3 Å². The van der Waals surface area contributed by atoms with Crippen LogP contribution in [0.1, 0.15) is 11.3 Å². The number of hydrogen-bond acceptors (Lipinski definition) is 7. The summed E-state index contributed by atoms with van der Waals surface area (Å²) in [6.07, 6.45) is 3.13. The summed E-state index contributed by atoms with van der Waals surface area (Å²) in [5.41, 5.74) is 2.46. The van der Waals surface area contributed by atoms with E-state index in [-0.39, 0.29) is 6.03 Å². The van der Waals surface area contributed by atoms with Crippen LogP contribution in [0.5, 0.6) is 5.75 Å². The topological polar surface area (TPSA) is 91.4 Å². The van der Waals surface area contributed by atoms with Gasteiger partial charge in [0.05, 0.1) is 29.0 Å². The lowest BCUT2D eigenvalue weighted by atomic mass is 10.2. The highest BCUT2D eigenvalue weighted by Crippen LogP contribution is 2.27. The van der Waals surface area contributed by atoms with E-state index in [9.17, 15) is 4.79 Å². The summed E-state index contributed by atoms with van der Waals surface area (Å²) in [4.78, 5) is 23.0. The fourth-order valence-electron chi connectivity index (χ4n) is 3.03. The highest BCUT2D eigenvalue weighted by Gasteiger charge is 2.21. The van der Waals surface area contributed by atoms with E-state index in [0.717, 1.165) is 36.8 Å². The third-order valence-corrected chi connectivity index (χ3v) is 5.61. The van der Waals surface area contributed by atoms with Gasteiger partial charge in [-0.3, -0.25) is 15.2 Å². The maximum Gasteiger partial charge on any atom is 0.324 e. The van der Waals surface area contributed by atoms with E-state index in [1.54, 1.807) is 6.20 Å². The first-order valence-corrected chi connectivity index (χ1v) is 10.7. The van der Waals surface area contributed by atoms with Gasteiger partial charge >= 0.3 is 6.03 Å². The molecule has 156 valence electrons. The maximum absolute atomic E-state index is 12.4. The van der Waals surface area contributed by atoms with Crippen molar-refractivity contribution in [1.82, 2.24) is 20.2 Å². The van der Waals surface area contributed by atoms with Crippen molar-refractivity contribution in [1.29, 1.82) is 0 Å². The summed E-state index contributed by atoms with van der Waals surface area (Å²) in [6.45, 7) is 7.36. The third kappa shape index (κ3) is 6.59. The molecule has 1 fully saturated rings. The van der Waals surface area contributed by atoms with Gasteiger partial charge in [-0.2, -0.15) is 11.8 Å². The molecule has 2 heterocycles. The molecule has 2 aromatic rings. The third-order valence-electron chi connectivity index (χ3n) is 4.44. The number of carbonyl (C=O) groups is 1. The van der Waals surface area contributed by atoms with E-state index in [0.29, 0.717) is 29.1 Å². The lowest BCUT2D eigenvalue weighted by molar-refractivity contribution is 0.233. The molecule has 8 nitrogen and oxygen atoms in total. The molecule has 29 heavy (non-hydrogen) atoms. The van der Waals surface area contributed by atoms with Crippen molar-refractivity contribution in [2.45, 2.75) is 19.1 Å². The van der Waals surface area contributed by atoms with Crippen LogP contribution in [0.3, 0.4) is 0 Å². The number of ether oxygens (including phenoxy) is 1. The molecular formula is C20H28N6O2S. The zero-order valence-electron chi connectivity index (χ0n) is 17.1. The van der Waals surface area contributed by atoms with Crippen molar-refractivity contribution in [2.75, 3.05) is 49.8 Å². The Balaban J connectivity index is 1.60. The summed E-state index contributed by atoms with van der Waals surface area (Å²) in [6, 6.07) is 5.39. The Kier molecular flexibility index (Phi) is 7.68. The van der Waals surface area contributed by atoms with Gasteiger partial charge in [-0.25, -0.2) is 9.78 Å². The number of urea groups is 1. The fourth-order valence-corrected chi connectivity index (χ4v) is 4.20. The predicted octanol–water partition coefficient (Wildman–Crippen LogP) is 2.71. The number of aryl methyl sites for hydroxylation is 2. The Hall–Kier alpha value is -2.36. The summed E-state index contributed by atoms with van der Waals surface area (Å²) in [5.74, 6) is 2.15. The second-order valence-electron chi connectivity index (χ2n) is 7.01. The van der Waals surface area contributed by atoms with Crippen LogP contribution >= 0.6 is 11.8 Å². The summed E-state index contributed by atoms with van der Waals surface area (Å²) < 4.78 is 6.09. The van der Waals surface area contributed by atoms with Crippen molar-refractivity contribution in [2.24, 2.45) is 0 Å². The molecule has 1 aliphatic heterocycles. The van der Waals surface area contributed by atoms with Crippen LogP contribution in [0.2, 0.25) is 0 Å². The van der Waals surface area contributed by atoms with Gasteiger partial charge in [-0.1, -0.05) is 6.07 Å². The molecule has 3 N–H and O–H groups in total. The minimum Gasteiger partial charge on any atom is -0.490 e. The molecule has 9 heteroatoms. The number of rotatable bonds is 7. The minimum absolute atomic E-state index is 0.383. The van der Waals surface area contributed by atoms with Crippen molar-refractivity contribution in [3.63, 3.8) is 0 Å². The van der Waals surface area contributed by atoms with E-state index < -0.39 is 0 Å². The molecule has 0 radical (unpaired) electrons. The van der Waals surface area contributed by atoms with Gasteiger partial charge in [-0.15, -0.1) is 0 Å². The van der Waals surface area contributed by atoms with E-state index in [2.05, 4.69) is 30.8 Å². The molecule has 0 spiro atoms. The largest absolute Gasteiger partial charge is 0.490 e. The summed E-state index contributed by atoms with van der Waals surface area (Å²) in [5, 5.41) is 9.15. The predicted molar refractivity (Wildman–Crippen MR) is 118 cm³/mol. The lowest BCUT2D eigenvalue weighted by Crippen LogP contribution is -2.43. The average molecular weight is 417 g/mol. The lowest BCUT2D eigenvalue weighted by Gasteiger charge is -2.32. The van der Waals surface area contributed by atoms with Crippen molar-refractivity contribution in [3.05, 3.63) is 41.9 Å². The van der Waals surface area contributed by atoms with Crippen LogP contribution in [0.25, 0.3) is 0 Å². The quantitative estimate of drug-likeness (QED) is 0.639. The number of carbonyl (C=O) groups excluding carboxylic acids is 1. The molecule has 1 aliphatic rings. The Labute approximate surface area is 175 Å². The highest BCUT2D eigenvalue weighted by atomic mass is 32.2. The van der Waals surface area contributed by atoms with Crippen LogP contribution in [0, 0.1) is 13.8 Å². The average Bonchev–Trinajstić information content (AvgIpc) is 2.70. The van der Waals surface area contributed by atoms with Crippen molar-refractivity contribution < 1.29 is 9.53 Å². The molecule has 0 saturated carbocycles. The Bertz CT molecular complexity index is 815. The number of nitrogens with zero attached hydrogens (tertiary/aromatic N) is 3. The SMILES string of the molecule is CNCN1CCSC(COc2ccc(C)cc2NC(=O)Nc2cnc(C)cn2)C1. The molecule has 1 aromatic heterocycles. The molecule has 3 rings (SSSR count). The van der Waals surface area contributed by atoms with Gasteiger partial charge in [0.25, 0.3) is 0 Å². The molecule has 1 saturated heterocycles. The monoisotopic (exact) mass is 416 g/mol. The second kappa shape index (κ2) is 10.4. The second-order valence-corrected chi connectivity index (χ2v) is 8.42. The van der Waals surface area contributed by atoms with E-state index in [1.165, 1.54) is 6.20 Å². The number of benzene rings is 1. The van der Waals surface area contributed by atoms with Crippen LogP contribution in [0.4, 0.5) is 16.3 Å². The van der Waals surface area contributed by atoms with Crippen molar-refractivity contribution in [3.8, 4) is 5.75 Å². The normalized spacial score (nSPS) is 17.0. The molecule has 0 aliphatic carbocycles. The standard InChI is InChI=1S/C20H28N6O2S/c1-14-4-5-18(28-12-16-11-26(13-21-3)6-7-29-16)17(8-14)24-20(27)25-19-10-22-15(2)9-23-19/h4-5,8-10,16,21H,6-7,11-13H2,1-3H3,(H2,23,24,25,27). The molecule has 2 amide bonds. The first-order chi connectivity index (χ1) is 14.0. The molecule has 0 bridgehead atoms. The van der Waals surface area contributed by atoms with Crippen LogP contribution in [0.15, 0.2) is 30.6 Å². The maximum atomic E-state index is 12.4. The Morgan fingerprint density at radius 3 is 2.90 bits per heavy atom. The van der Waals surface area contributed by atoms with E-state index in [1.807, 2.05) is 50.9 Å². The number of nitrogens with one attached hydrogen (secondary N) is 3. The smallest absolute Gasteiger partial charge is 0.324 e. The zero-order valence-corrected chi connectivity index (χ0v) is 17.9. The first-order valence-electron chi connectivity index (χ1n) is 9.62. The Morgan fingerprint density at radius 2 is 2.14 bits per heavy atom. The number of amides is 2. The van der Waals surface area contributed by atoms with Gasteiger partial charge in [0.15, 0.2) is 5.82 Å². The number of hydrogen-bond donors (Lipinski definition) is 3. The van der Waals surface area contributed by atoms with E-state index >= 15 is 0 Å². The van der Waals surface area contributed by atoms with Gasteiger partial charge in [0.1, 0.15) is 12.4 Å². The van der Waals surface area contributed by atoms with Gasteiger partial charge in [-0.05, 0) is 38.6 Å². The molecular weight excluding hydrogens is 388 g/mol. The first kappa shape index (κ1) is 21.4. The van der Waals surface area contributed by atoms with E-state index in [4.69, 9.17) is 4.74 Å². The molecule has 1 unspecified atom stereocenters. The fraction of sp³-hybridized carbons (Fsp3) is 0.450. The summed E-state index contributed by atoms with van der Waals surface area (Å²) in [7, 11) is 1.96. The number of thioether (sulfide) groups is 1. The number of anilines is 2. The molecule has 1 aromatic carbocycles. The highest BCUT2D eigenvalue weighted by molar-refractivity contribution is 8.00. The summed E-state index contributed by atoms with van der Waals surface area (Å²) >= 11 is 1.93. The van der Waals surface area contributed by atoms with Gasteiger partial charge in [0.2, 0.25) is 0 Å². The van der Waals surface area contributed by atoms with Gasteiger partial charge < -0.3 is 15.4 Å². The molecule has 1 atom stereocenters. The number of aromatic nitrogens is 2. The zero-order chi connectivity index (χ0) is 20.6. The minimum atomic E-state index is -0.383.